The first-order valence-electron chi connectivity index (χ1n) is 4.03. The lowest BCUT2D eigenvalue weighted by Crippen LogP contribution is -2.63. The van der Waals surface area contributed by atoms with E-state index in [4.69, 9.17) is 10.4 Å². The van der Waals surface area contributed by atoms with Crippen LogP contribution < -0.4 is 0 Å². The Hall–Kier alpha value is -1.24. The van der Waals surface area contributed by atoms with E-state index in [9.17, 15) is 4.79 Å². The minimum absolute atomic E-state index is 0.181. The van der Waals surface area contributed by atoms with E-state index < -0.39 is 6.09 Å². The fraction of sp³-hybridized carbons (Fsp3) is 0.750. The molecule has 1 aliphatic heterocycles. The van der Waals surface area contributed by atoms with Gasteiger partial charge < -0.3 is 10.0 Å². The standard InChI is InChI=1S/C8H10N2O2/c9-3-6-1-8(2-6)4-10(5-8)7(11)12/h6H,1-2,4-5H2,(H,11,12). The first-order valence-corrected chi connectivity index (χ1v) is 4.03. The monoisotopic (exact) mass is 166 g/mol. The SMILES string of the molecule is N#CC1CC2(C1)CN(C(=O)O)C2. The zero-order chi connectivity index (χ0) is 8.77. The Labute approximate surface area is 70.4 Å². The van der Waals surface area contributed by atoms with Crippen LogP contribution in [-0.2, 0) is 0 Å². The number of likely N-dealkylation sites (tertiary alicyclic amines) is 1. The van der Waals surface area contributed by atoms with E-state index in [0.717, 1.165) is 12.8 Å². The third kappa shape index (κ3) is 0.860. The van der Waals surface area contributed by atoms with Crippen LogP contribution >= 0.6 is 0 Å². The highest BCUT2D eigenvalue weighted by atomic mass is 16.4. The lowest BCUT2D eigenvalue weighted by Gasteiger charge is -2.56. The summed E-state index contributed by atoms with van der Waals surface area (Å²) in [7, 11) is 0. The van der Waals surface area contributed by atoms with Crippen LogP contribution in [0.2, 0.25) is 0 Å². The number of nitrogens with zero attached hydrogens (tertiary/aromatic N) is 2. The number of nitriles is 1. The van der Waals surface area contributed by atoms with Gasteiger partial charge in [-0.15, -0.1) is 0 Å². The molecule has 1 saturated carbocycles. The molecule has 0 aromatic carbocycles. The molecule has 64 valence electrons. The summed E-state index contributed by atoms with van der Waals surface area (Å²) in [5, 5.41) is 17.1. The molecule has 0 bridgehead atoms. The van der Waals surface area contributed by atoms with Crippen LogP contribution in [0.25, 0.3) is 0 Å². The maximum absolute atomic E-state index is 10.4. The van der Waals surface area contributed by atoms with Crippen LogP contribution in [0.5, 0.6) is 0 Å². The van der Waals surface area contributed by atoms with Crippen molar-refractivity contribution in [3.8, 4) is 6.07 Å². The largest absolute Gasteiger partial charge is 0.465 e. The van der Waals surface area contributed by atoms with Crippen LogP contribution in [0.4, 0.5) is 4.79 Å². The molecule has 2 rings (SSSR count). The van der Waals surface area contributed by atoms with Gasteiger partial charge in [-0.05, 0) is 12.8 Å². The summed E-state index contributed by atoms with van der Waals surface area (Å²) in [6, 6.07) is 2.20. The van der Waals surface area contributed by atoms with Crippen molar-refractivity contribution in [3.63, 3.8) is 0 Å². The van der Waals surface area contributed by atoms with Crippen LogP contribution in [0, 0.1) is 22.7 Å². The molecule has 2 fully saturated rings. The molecule has 0 unspecified atom stereocenters. The van der Waals surface area contributed by atoms with E-state index in [1.807, 2.05) is 0 Å². The van der Waals surface area contributed by atoms with Gasteiger partial charge in [-0.25, -0.2) is 4.79 Å². The molecular formula is C8H10N2O2. The molecule has 1 amide bonds. The number of amides is 1. The van der Waals surface area contributed by atoms with Crippen molar-refractivity contribution < 1.29 is 9.90 Å². The Balaban J connectivity index is 1.84. The van der Waals surface area contributed by atoms with Gasteiger partial charge in [-0.3, -0.25) is 0 Å². The van der Waals surface area contributed by atoms with Gasteiger partial charge >= 0.3 is 6.09 Å². The highest BCUT2D eigenvalue weighted by Gasteiger charge is 2.53. The van der Waals surface area contributed by atoms with Gasteiger partial charge in [-0.2, -0.15) is 5.26 Å². The second-order valence-corrected chi connectivity index (χ2v) is 3.87. The molecule has 0 atom stereocenters. The molecule has 0 aromatic rings. The summed E-state index contributed by atoms with van der Waals surface area (Å²) in [6.45, 7) is 1.28. The highest BCUT2D eigenvalue weighted by molar-refractivity contribution is 5.66. The lowest BCUT2D eigenvalue weighted by atomic mass is 9.58. The van der Waals surface area contributed by atoms with Crippen molar-refractivity contribution in [2.24, 2.45) is 11.3 Å². The second kappa shape index (κ2) is 2.13. The Morgan fingerprint density at radius 1 is 1.58 bits per heavy atom. The van der Waals surface area contributed by atoms with E-state index in [-0.39, 0.29) is 11.3 Å². The van der Waals surface area contributed by atoms with Gasteiger partial charge in [-0.1, -0.05) is 0 Å². The molecule has 1 saturated heterocycles. The zero-order valence-electron chi connectivity index (χ0n) is 6.66. The molecular weight excluding hydrogens is 156 g/mol. The van der Waals surface area contributed by atoms with Gasteiger partial charge in [0.2, 0.25) is 0 Å². The fourth-order valence-corrected chi connectivity index (χ4v) is 2.23. The van der Waals surface area contributed by atoms with Crippen molar-refractivity contribution in [3.05, 3.63) is 0 Å². The molecule has 1 aliphatic carbocycles. The molecule has 12 heavy (non-hydrogen) atoms. The summed E-state index contributed by atoms with van der Waals surface area (Å²) in [4.78, 5) is 11.8. The summed E-state index contributed by atoms with van der Waals surface area (Å²) < 4.78 is 0. The fourth-order valence-electron chi connectivity index (χ4n) is 2.23. The van der Waals surface area contributed by atoms with Crippen LogP contribution in [0.15, 0.2) is 0 Å². The predicted octanol–water partition coefficient (Wildman–Crippen LogP) is 0.900. The number of carboxylic acid groups (broad SMARTS) is 1. The van der Waals surface area contributed by atoms with Crippen LogP contribution in [0.3, 0.4) is 0 Å². The van der Waals surface area contributed by atoms with E-state index in [1.165, 1.54) is 4.90 Å². The Morgan fingerprint density at radius 2 is 2.17 bits per heavy atom. The summed E-state index contributed by atoms with van der Waals surface area (Å²) in [6.07, 6.45) is 0.960. The highest BCUT2D eigenvalue weighted by Crippen LogP contribution is 2.51. The molecule has 2 aliphatic rings. The molecule has 4 nitrogen and oxygen atoms in total. The Morgan fingerprint density at radius 3 is 2.58 bits per heavy atom. The maximum Gasteiger partial charge on any atom is 0.407 e. The van der Waals surface area contributed by atoms with Crippen LogP contribution in [-0.4, -0.2) is 29.2 Å². The summed E-state index contributed by atoms with van der Waals surface area (Å²) >= 11 is 0. The summed E-state index contributed by atoms with van der Waals surface area (Å²) in [5.74, 6) is 0.181. The van der Waals surface area contributed by atoms with E-state index in [0.29, 0.717) is 13.1 Å². The number of carbonyl (C=O) groups is 1. The number of hydrogen-bond acceptors (Lipinski definition) is 2. The first-order chi connectivity index (χ1) is 5.65. The van der Waals surface area contributed by atoms with Gasteiger partial charge in [0.05, 0.1) is 6.07 Å². The van der Waals surface area contributed by atoms with E-state index in [2.05, 4.69) is 6.07 Å². The third-order valence-corrected chi connectivity index (χ3v) is 2.86. The summed E-state index contributed by atoms with van der Waals surface area (Å²) in [5.41, 5.74) is 0.193. The number of hydrogen-bond donors (Lipinski definition) is 1. The Bertz CT molecular complexity index is 255. The van der Waals surface area contributed by atoms with E-state index >= 15 is 0 Å². The lowest BCUT2D eigenvalue weighted by molar-refractivity contribution is -0.0649. The average molecular weight is 166 g/mol. The normalized spacial score (nSPS) is 25.8. The number of rotatable bonds is 0. The third-order valence-electron chi connectivity index (χ3n) is 2.86. The molecule has 0 radical (unpaired) electrons. The zero-order valence-corrected chi connectivity index (χ0v) is 6.66. The average Bonchev–Trinajstić information content (AvgIpc) is 1.81. The van der Waals surface area contributed by atoms with Crippen molar-refractivity contribution in [1.29, 1.82) is 5.26 Å². The van der Waals surface area contributed by atoms with Crippen molar-refractivity contribution >= 4 is 6.09 Å². The second-order valence-electron chi connectivity index (χ2n) is 3.87. The van der Waals surface area contributed by atoms with Crippen molar-refractivity contribution in [2.75, 3.05) is 13.1 Å². The molecule has 4 heteroatoms. The minimum atomic E-state index is -0.832. The van der Waals surface area contributed by atoms with Gasteiger partial charge in [0.25, 0.3) is 0 Å². The van der Waals surface area contributed by atoms with Gasteiger partial charge in [0, 0.05) is 24.4 Å². The maximum atomic E-state index is 10.4. The predicted molar refractivity (Wildman–Crippen MR) is 40.4 cm³/mol. The Kier molecular flexibility index (Phi) is 1.31. The molecule has 0 aromatic heterocycles. The minimum Gasteiger partial charge on any atom is -0.465 e. The van der Waals surface area contributed by atoms with Gasteiger partial charge in [0.1, 0.15) is 0 Å². The van der Waals surface area contributed by atoms with Crippen LogP contribution in [0.1, 0.15) is 12.8 Å². The quantitative estimate of drug-likeness (QED) is 0.581. The van der Waals surface area contributed by atoms with Gasteiger partial charge in [0.15, 0.2) is 0 Å². The van der Waals surface area contributed by atoms with Crippen molar-refractivity contribution in [2.45, 2.75) is 12.8 Å². The van der Waals surface area contributed by atoms with E-state index in [1.54, 1.807) is 0 Å². The topological polar surface area (TPSA) is 64.3 Å². The molecule has 1 heterocycles. The first kappa shape index (κ1) is 7.41. The van der Waals surface area contributed by atoms with Crippen molar-refractivity contribution in [1.82, 2.24) is 4.90 Å². The smallest absolute Gasteiger partial charge is 0.407 e. The molecule has 1 N–H and O–H groups in total. The molecule has 1 spiro atoms.